The Hall–Kier alpha value is -2.67. The molecule has 25 heavy (non-hydrogen) atoms. The molecule has 2 aromatic heterocycles. The molecule has 0 fully saturated rings. The maximum atomic E-state index is 12.9. The zero-order valence-corrected chi connectivity index (χ0v) is 14.5. The third kappa shape index (κ3) is 2.91. The van der Waals surface area contributed by atoms with Gasteiger partial charge in [0.15, 0.2) is 0 Å². The van der Waals surface area contributed by atoms with Crippen LogP contribution in [0.15, 0.2) is 51.0 Å². The Kier molecular flexibility index (Phi) is 4.01. The lowest BCUT2D eigenvalue weighted by atomic mass is 9.96. The minimum atomic E-state index is -0.616. The molecule has 0 radical (unpaired) electrons. The maximum Gasteiger partial charge on any atom is 0.437 e. The molecule has 3 aromatic rings. The van der Waals surface area contributed by atoms with Gasteiger partial charge < -0.3 is 9.32 Å². The number of aryl methyl sites for hydroxylation is 1. The number of thiophene rings is 1. The number of carbonyl (C=O) groups excluding carboxylic acids is 1. The molecule has 1 aromatic carbocycles. The first-order chi connectivity index (χ1) is 12.1. The van der Waals surface area contributed by atoms with Crippen LogP contribution >= 0.6 is 11.3 Å². The van der Waals surface area contributed by atoms with Gasteiger partial charge in [-0.1, -0.05) is 24.3 Å². The molecule has 0 bridgehead atoms. The number of para-hydroxylation sites is 1. The number of hydrogen-bond donors (Lipinski definition) is 0. The fourth-order valence-corrected chi connectivity index (χ4v) is 3.82. The fraction of sp³-hybridized carbons (Fsp3) is 0.278. The summed E-state index contributed by atoms with van der Waals surface area (Å²) in [4.78, 5) is 27.5. The summed E-state index contributed by atoms with van der Waals surface area (Å²) in [5.74, 6) is -0.526. The third-order valence-corrected chi connectivity index (χ3v) is 5.27. The van der Waals surface area contributed by atoms with E-state index in [2.05, 4.69) is 5.10 Å². The number of carbonyl (C=O) groups is 1. The second-order valence-corrected chi connectivity index (χ2v) is 7.04. The summed E-state index contributed by atoms with van der Waals surface area (Å²) in [5, 5.41) is 6.05. The van der Waals surface area contributed by atoms with E-state index in [1.165, 1.54) is 11.3 Å². The molecule has 0 spiro atoms. The Morgan fingerprint density at radius 1 is 1.32 bits per heavy atom. The number of nitrogens with zero attached hydrogens (tertiary/aromatic N) is 3. The van der Waals surface area contributed by atoms with Crippen LogP contribution in [0.25, 0.3) is 10.8 Å². The number of hydrogen-bond acceptors (Lipinski definition) is 5. The van der Waals surface area contributed by atoms with Crippen LogP contribution in [0.5, 0.6) is 0 Å². The molecule has 3 heterocycles. The van der Waals surface area contributed by atoms with E-state index in [4.69, 9.17) is 4.42 Å². The monoisotopic (exact) mass is 355 g/mol. The van der Waals surface area contributed by atoms with Gasteiger partial charge in [-0.2, -0.15) is 4.68 Å². The Balaban J connectivity index is 1.62. The van der Waals surface area contributed by atoms with Gasteiger partial charge in [0, 0.05) is 11.7 Å². The van der Waals surface area contributed by atoms with Crippen molar-refractivity contribution in [3.63, 3.8) is 0 Å². The van der Waals surface area contributed by atoms with E-state index < -0.39 is 5.76 Å². The predicted molar refractivity (Wildman–Crippen MR) is 95.8 cm³/mol. The van der Waals surface area contributed by atoms with Gasteiger partial charge in [0.05, 0.1) is 4.88 Å². The Labute approximate surface area is 148 Å². The van der Waals surface area contributed by atoms with Gasteiger partial charge >= 0.3 is 5.76 Å². The number of amides is 1. The van der Waals surface area contributed by atoms with E-state index in [0.29, 0.717) is 0 Å². The van der Waals surface area contributed by atoms with Crippen molar-refractivity contribution < 1.29 is 9.21 Å². The van der Waals surface area contributed by atoms with E-state index in [1.54, 1.807) is 4.90 Å². The smallest absolute Gasteiger partial charge is 0.387 e. The van der Waals surface area contributed by atoms with E-state index in [0.717, 1.165) is 33.7 Å². The predicted octanol–water partition coefficient (Wildman–Crippen LogP) is 2.93. The molecular weight excluding hydrogens is 338 g/mol. The molecule has 128 valence electrons. The van der Waals surface area contributed by atoms with Crippen molar-refractivity contribution in [3.8, 4) is 10.8 Å². The minimum Gasteiger partial charge on any atom is -0.387 e. The summed E-state index contributed by atoms with van der Waals surface area (Å²) in [7, 11) is 0. The average Bonchev–Trinajstić information content (AvgIpc) is 3.25. The van der Waals surface area contributed by atoms with Crippen LogP contribution in [0.3, 0.4) is 0 Å². The van der Waals surface area contributed by atoms with Crippen LogP contribution in [0.4, 0.5) is 5.69 Å². The lowest BCUT2D eigenvalue weighted by Gasteiger charge is -2.35. The lowest BCUT2D eigenvalue weighted by Crippen LogP contribution is -2.44. The van der Waals surface area contributed by atoms with Crippen molar-refractivity contribution in [1.29, 1.82) is 0 Å². The summed E-state index contributed by atoms with van der Waals surface area (Å²) in [6.07, 6.45) is 1.85. The third-order valence-electron chi connectivity index (χ3n) is 4.42. The first-order valence-electron chi connectivity index (χ1n) is 8.15. The molecule has 0 saturated carbocycles. The maximum absolute atomic E-state index is 12.9. The Morgan fingerprint density at radius 3 is 2.96 bits per heavy atom. The highest BCUT2D eigenvalue weighted by atomic mass is 32.1. The lowest BCUT2D eigenvalue weighted by molar-refractivity contribution is -0.120. The summed E-state index contributed by atoms with van der Waals surface area (Å²) >= 11 is 1.43. The number of anilines is 1. The Morgan fingerprint density at radius 2 is 2.16 bits per heavy atom. The van der Waals surface area contributed by atoms with Crippen LogP contribution in [-0.4, -0.2) is 21.7 Å². The standard InChI is InChI=1S/C18H17N3O3S/c1-12-8-9-13-5-2-3-6-14(13)21(12)16(22)11-20-18(23)24-17(19-20)15-7-4-10-25-15/h2-7,10,12H,8-9,11H2,1H3/t12-/m1/s1. The van der Waals surface area contributed by atoms with Crippen molar-refractivity contribution in [2.24, 2.45) is 0 Å². The first-order valence-corrected chi connectivity index (χ1v) is 9.03. The highest BCUT2D eigenvalue weighted by Crippen LogP contribution is 2.30. The molecule has 6 nitrogen and oxygen atoms in total. The molecule has 4 rings (SSSR count). The number of fused-ring (bicyclic) bond motifs is 1. The highest BCUT2D eigenvalue weighted by Gasteiger charge is 2.28. The van der Waals surface area contributed by atoms with Crippen molar-refractivity contribution in [1.82, 2.24) is 9.78 Å². The second kappa shape index (κ2) is 6.33. The molecule has 0 unspecified atom stereocenters. The molecular formula is C18H17N3O3S. The minimum absolute atomic E-state index is 0.0850. The van der Waals surface area contributed by atoms with Crippen molar-refractivity contribution in [3.05, 3.63) is 57.9 Å². The molecule has 1 amide bonds. The molecule has 7 heteroatoms. The molecule has 0 aliphatic carbocycles. The Bertz CT molecular complexity index is 958. The summed E-state index contributed by atoms with van der Waals surface area (Å²) in [6, 6.07) is 11.7. The summed E-state index contributed by atoms with van der Waals surface area (Å²) < 4.78 is 6.28. The van der Waals surface area contributed by atoms with Crippen LogP contribution in [0, 0.1) is 0 Å². The molecule has 1 aliphatic heterocycles. The quantitative estimate of drug-likeness (QED) is 0.724. The molecule has 0 N–H and O–H groups in total. The van der Waals surface area contributed by atoms with E-state index in [-0.39, 0.29) is 24.4 Å². The van der Waals surface area contributed by atoms with Crippen LogP contribution < -0.4 is 10.7 Å². The van der Waals surface area contributed by atoms with Crippen LogP contribution in [0.1, 0.15) is 18.9 Å². The van der Waals surface area contributed by atoms with E-state index in [9.17, 15) is 9.59 Å². The van der Waals surface area contributed by atoms with Crippen LogP contribution in [-0.2, 0) is 17.8 Å². The van der Waals surface area contributed by atoms with E-state index >= 15 is 0 Å². The summed E-state index contributed by atoms with van der Waals surface area (Å²) in [5.41, 5.74) is 2.07. The van der Waals surface area contributed by atoms with E-state index in [1.807, 2.05) is 48.7 Å². The normalized spacial score (nSPS) is 16.7. The van der Waals surface area contributed by atoms with Crippen molar-refractivity contribution >= 4 is 22.9 Å². The number of benzene rings is 1. The van der Waals surface area contributed by atoms with Gasteiger partial charge in [-0.25, -0.2) is 4.79 Å². The molecule has 0 saturated heterocycles. The highest BCUT2D eigenvalue weighted by molar-refractivity contribution is 7.13. The van der Waals surface area contributed by atoms with Gasteiger partial charge in [0.1, 0.15) is 6.54 Å². The first kappa shape index (κ1) is 15.8. The zero-order chi connectivity index (χ0) is 17.4. The van der Waals surface area contributed by atoms with Gasteiger partial charge in [0.25, 0.3) is 5.89 Å². The van der Waals surface area contributed by atoms with Crippen LogP contribution in [0.2, 0.25) is 0 Å². The topological polar surface area (TPSA) is 68.3 Å². The van der Waals surface area contributed by atoms with Gasteiger partial charge in [-0.3, -0.25) is 4.79 Å². The largest absolute Gasteiger partial charge is 0.437 e. The van der Waals surface area contributed by atoms with Gasteiger partial charge in [-0.05, 0) is 42.8 Å². The van der Waals surface area contributed by atoms with Gasteiger partial charge in [-0.15, -0.1) is 16.4 Å². The molecule has 1 atom stereocenters. The number of aromatic nitrogens is 2. The fourth-order valence-electron chi connectivity index (χ4n) is 3.18. The zero-order valence-electron chi connectivity index (χ0n) is 13.7. The average molecular weight is 355 g/mol. The SMILES string of the molecule is C[C@@H]1CCc2ccccc2N1C(=O)Cn1nc(-c2cccs2)oc1=O. The summed E-state index contributed by atoms with van der Waals surface area (Å²) in [6.45, 7) is 1.89. The van der Waals surface area contributed by atoms with Crippen molar-refractivity contribution in [2.75, 3.05) is 4.90 Å². The molecule has 1 aliphatic rings. The second-order valence-electron chi connectivity index (χ2n) is 6.09. The number of rotatable bonds is 3. The van der Waals surface area contributed by atoms with Gasteiger partial charge in [0.2, 0.25) is 5.91 Å². The van der Waals surface area contributed by atoms with Crippen molar-refractivity contribution in [2.45, 2.75) is 32.4 Å².